The lowest BCUT2D eigenvalue weighted by molar-refractivity contribution is 0.0472. The molecule has 1 aliphatic rings. The predicted octanol–water partition coefficient (Wildman–Crippen LogP) is 3.37. The maximum absolute atomic E-state index is 12.7. The number of halogens is 2. The average Bonchev–Trinajstić information content (AvgIpc) is 2.68. The van der Waals surface area contributed by atoms with Crippen LogP contribution in [0.2, 0.25) is 10.0 Å². The van der Waals surface area contributed by atoms with Gasteiger partial charge in [0.1, 0.15) is 6.61 Å². The number of morpholine rings is 1. The molecule has 0 saturated carbocycles. The standard InChI is InChI=1S/C18H17Cl2NO5S/c19-15-5-4-14(17(20)11-15)12-26-18(22)13-2-1-3-16(10-13)27(23,24)21-6-8-25-9-7-21/h1-5,10-11H,6-9,12H2. The lowest BCUT2D eigenvalue weighted by Crippen LogP contribution is -2.40. The summed E-state index contributed by atoms with van der Waals surface area (Å²) in [5, 5.41) is 0.870. The van der Waals surface area contributed by atoms with Crippen molar-refractivity contribution >= 4 is 39.2 Å². The van der Waals surface area contributed by atoms with Gasteiger partial charge in [-0.25, -0.2) is 13.2 Å². The molecular formula is C18H17Cl2NO5S. The van der Waals surface area contributed by atoms with E-state index in [9.17, 15) is 13.2 Å². The zero-order chi connectivity index (χ0) is 19.4. The lowest BCUT2D eigenvalue weighted by Gasteiger charge is -2.26. The number of nitrogens with zero attached hydrogens (tertiary/aromatic N) is 1. The molecule has 1 fully saturated rings. The molecule has 9 heteroatoms. The zero-order valence-corrected chi connectivity index (χ0v) is 16.6. The second-order valence-electron chi connectivity index (χ2n) is 5.86. The average molecular weight is 430 g/mol. The van der Waals surface area contributed by atoms with E-state index in [1.54, 1.807) is 18.2 Å². The molecule has 3 rings (SSSR count). The first kappa shape index (κ1) is 20.1. The van der Waals surface area contributed by atoms with Gasteiger partial charge in [-0.1, -0.05) is 35.3 Å². The molecule has 0 aliphatic carbocycles. The molecule has 0 atom stereocenters. The smallest absolute Gasteiger partial charge is 0.338 e. The van der Waals surface area contributed by atoms with Crippen LogP contribution in [-0.2, 0) is 26.1 Å². The number of esters is 1. The number of ether oxygens (including phenoxy) is 2. The summed E-state index contributed by atoms with van der Waals surface area (Å²) in [6, 6.07) is 10.7. The van der Waals surface area contributed by atoms with E-state index in [1.165, 1.54) is 28.6 Å². The largest absolute Gasteiger partial charge is 0.457 e. The molecule has 6 nitrogen and oxygen atoms in total. The molecule has 0 amide bonds. The number of hydrogen-bond acceptors (Lipinski definition) is 5. The summed E-state index contributed by atoms with van der Waals surface area (Å²) in [7, 11) is -3.69. The Bertz CT molecular complexity index is 943. The third-order valence-electron chi connectivity index (χ3n) is 4.05. The summed E-state index contributed by atoms with van der Waals surface area (Å²) in [6.45, 7) is 1.22. The first-order valence-corrected chi connectivity index (χ1v) is 10.4. The predicted molar refractivity (Wildman–Crippen MR) is 102 cm³/mol. The second-order valence-corrected chi connectivity index (χ2v) is 8.64. The highest BCUT2D eigenvalue weighted by molar-refractivity contribution is 7.89. The van der Waals surface area contributed by atoms with Crippen molar-refractivity contribution in [1.82, 2.24) is 4.31 Å². The van der Waals surface area contributed by atoms with Gasteiger partial charge in [0.05, 0.1) is 23.7 Å². The lowest BCUT2D eigenvalue weighted by atomic mass is 10.2. The van der Waals surface area contributed by atoms with Gasteiger partial charge in [0, 0.05) is 28.7 Å². The molecule has 1 heterocycles. The van der Waals surface area contributed by atoms with Crippen molar-refractivity contribution < 1.29 is 22.7 Å². The molecular weight excluding hydrogens is 413 g/mol. The number of hydrogen-bond donors (Lipinski definition) is 0. The van der Waals surface area contributed by atoms with Crippen molar-refractivity contribution in [2.75, 3.05) is 26.3 Å². The molecule has 0 unspecified atom stereocenters. The number of rotatable bonds is 5. The first-order chi connectivity index (χ1) is 12.9. The van der Waals surface area contributed by atoms with Crippen molar-refractivity contribution in [3.63, 3.8) is 0 Å². The molecule has 1 aliphatic heterocycles. The molecule has 0 spiro atoms. The third-order valence-corrected chi connectivity index (χ3v) is 6.53. The molecule has 144 valence electrons. The van der Waals surface area contributed by atoms with Crippen molar-refractivity contribution in [1.29, 1.82) is 0 Å². The fourth-order valence-corrected chi connectivity index (χ4v) is 4.50. The minimum absolute atomic E-state index is 0.0448. The minimum Gasteiger partial charge on any atom is -0.457 e. The van der Waals surface area contributed by atoms with Crippen LogP contribution in [0, 0.1) is 0 Å². The highest BCUT2D eigenvalue weighted by atomic mass is 35.5. The Kier molecular flexibility index (Phi) is 6.39. The molecule has 27 heavy (non-hydrogen) atoms. The molecule has 2 aromatic carbocycles. The van der Waals surface area contributed by atoms with E-state index in [2.05, 4.69) is 0 Å². The quantitative estimate of drug-likeness (QED) is 0.681. The van der Waals surface area contributed by atoms with E-state index in [1.807, 2.05) is 0 Å². The molecule has 0 radical (unpaired) electrons. The van der Waals surface area contributed by atoms with Crippen LogP contribution >= 0.6 is 23.2 Å². The summed E-state index contributed by atoms with van der Waals surface area (Å²) >= 11 is 11.9. The SMILES string of the molecule is O=C(OCc1ccc(Cl)cc1Cl)c1cccc(S(=O)(=O)N2CCOCC2)c1. The van der Waals surface area contributed by atoms with Gasteiger partial charge >= 0.3 is 5.97 Å². The van der Waals surface area contributed by atoms with Gasteiger partial charge in [0.25, 0.3) is 0 Å². The van der Waals surface area contributed by atoms with Crippen LogP contribution in [0.4, 0.5) is 0 Å². The van der Waals surface area contributed by atoms with Gasteiger partial charge < -0.3 is 9.47 Å². The van der Waals surface area contributed by atoms with E-state index < -0.39 is 16.0 Å². The molecule has 0 aromatic heterocycles. The Morgan fingerprint density at radius 3 is 2.56 bits per heavy atom. The van der Waals surface area contributed by atoms with E-state index >= 15 is 0 Å². The van der Waals surface area contributed by atoms with Crippen molar-refractivity contribution in [2.24, 2.45) is 0 Å². The Labute approximate surface area is 167 Å². The van der Waals surface area contributed by atoms with E-state index in [-0.39, 0.29) is 30.2 Å². The maximum Gasteiger partial charge on any atom is 0.338 e. The van der Waals surface area contributed by atoms with Crippen LogP contribution < -0.4 is 0 Å². The fourth-order valence-electron chi connectivity index (χ4n) is 2.58. The number of sulfonamides is 1. The van der Waals surface area contributed by atoms with Crippen LogP contribution in [0.5, 0.6) is 0 Å². The summed E-state index contributed by atoms with van der Waals surface area (Å²) in [5.74, 6) is -0.639. The van der Waals surface area contributed by atoms with Gasteiger partial charge in [0.2, 0.25) is 10.0 Å². The third kappa shape index (κ3) is 4.80. The number of carbonyl (C=O) groups excluding carboxylic acids is 1. The Morgan fingerprint density at radius 1 is 1.11 bits per heavy atom. The van der Waals surface area contributed by atoms with Gasteiger partial charge in [-0.05, 0) is 30.3 Å². The summed E-state index contributed by atoms with van der Waals surface area (Å²) in [5.41, 5.74) is 0.751. The van der Waals surface area contributed by atoms with Crippen LogP contribution in [0.25, 0.3) is 0 Å². The van der Waals surface area contributed by atoms with Gasteiger partial charge in [0.15, 0.2) is 0 Å². The van der Waals surface area contributed by atoms with Gasteiger partial charge in [-0.3, -0.25) is 0 Å². The highest BCUT2D eigenvalue weighted by Gasteiger charge is 2.27. The number of carbonyl (C=O) groups is 1. The molecule has 0 N–H and O–H groups in total. The Balaban J connectivity index is 1.73. The first-order valence-electron chi connectivity index (χ1n) is 8.17. The van der Waals surface area contributed by atoms with E-state index in [4.69, 9.17) is 32.7 Å². The number of benzene rings is 2. The second kappa shape index (κ2) is 8.58. The topological polar surface area (TPSA) is 72.9 Å². The van der Waals surface area contributed by atoms with Crippen LogP contribution in [0.1, 0.15) is 15.9 Å². The van der Waals surface area contributed by atoms with Crippen molar-refractivity contribution in [3.05, 3.63) is 63.6 Å². The normalized spacial score (nSPS) is 15.5. The Hall–Kier alpha value is -1.64. The summed E-state index contributed by atoms with van der Waals surface area (Å²) in [6.07, 6.45) is 0. The van der Waals surface area contributed by atoms with E-state index in [0.717, 1.165) is 0 Å². The maximum atomic E-state index is 12.7. The van der Waals surface area contributed by atoms with Gasteiger partial charge in [-0.15, -0.1) is 0 Å². The molecule has 2 aromatic rings. The fraction of sp³-hybridized carbons (Fsp3) is 0.278. The van der Waals surface area contributed by atoms with Crippen LogP contribution in [0.15, 0.2) is 47.4 Å². The van der Waals surface area contributed by atoms with Crippen LogP contribution in [0.3, 0.4) is 0 Å². The highest BCUT2D eigenvalue weighted by Crippen LogP contribution is 2.23. The monoisotopic (exact) mass is 429 g/mol. The molecule has 1 saturated heterocycles. The van der Waals surface area contributed by atoms with Gasteiger partial charge in [-0.2, -0.15) is 4.31 Å². The minimum atomic E-state index is -3.69. The molecule has 0 bridgehead atoms. The van der Waals surface area contributed by atoms with Crippen LogP contribution in [-0.4, -0.2) is 45.0 Å². The Morgan fingerprint density at radius 2 is 1.85 bits per heavy atom. The summed E-state index contributed by atoms with van der Waals surface area (Å²) < 4.78 is 37.2. The summed E-state index contributed by atoms with van der Waals surface area (Å²) in [4.78, 5) is 12.4. The zero-order valence-electron chi connectivity index (χ0n) is 14.2. The van der Waals surface area contributed by atoms with Crippen molar-refractivity contribution in [2.45, 2.75) is 11.5 Å². The van der Waals surface area contributed by atoms with E-state index in [0.29, 0.717) is 28.8 Å². The van der Waals surface area contributed by atoms with Crippen molar-refractivity contribution in [3.8, 4) is 0 Å².